The number of pyridine rings is 1. The lowest BCUT2D eigenvalue weighted by Gasteiger charge is -2.19. The van der Waals surface area contributed by atoms with E-state index in [1.54, 1.807) is 6.07 Å². The first-order valence-electron chi connectivity index (χ1n) is 8.79. The highest BCUT2D eigenvalue weighted by atomic mass is 16.6. The van der Waals surface area contributed by atoms with E-state index >= 15 is 0 Å². The molecular weight excluding hydrogens is 376 g/mol. The number of aromatic nitrogens is 3. The van der Waals surface area contributed by atoms with Gasteiger partial charge in [-0.1, -0.05) is 0 Å². The Morgan fingerprint density at radius 3 is 2.32 bits per heavy atom. The highest BCUT2D eigenvalue weighted by molar-refractivity contribution is 5.69. The number of aliphatic hydroxyl groups excluding tert-OH is 6. The molecule has 12 heteroatoms. The summed E-state index contributed by atoms with van der Waals surface area (Å²) in [6.07, 6.45) is -6.07. The van der Waals surface area contributed by atoms with Gasteiger partial charge in [-0.05, 0) is 6.07 Å². The van der Waals surface area contributed by atoms with Crippen LogP contribution in [0.5, 0.6) is 0 Å². The standard InChI is InChI=1S/C16H22N4O8/c21-3-7-10(23)12(25)15(27-7)19-6-1-2-20(14-9(6)17-5-18-14)16-13(26)11(24)8(4-22)28-16/h1-2,5,7-8,10-13,15-16,21-26H,3-4H2,(H,17,18)/t7-,8-,10-,11-,12-,13-,15-,16-/m1/s1. The number of nitrogens with one attached hydrogen (secondary N) is 1. The number of H-pyrrole nitrogens is 1. The van der Waals surface area contributed by atoms with Crippen LogP contribution < -0.4 is 5.36 Å². The summed E-state index contributed by atoms with van der Waals surface area (Å²) in [4.78, 5) is 11.4. The van der Waals surface area contributed by atoms with E-state index in [0.29, 0.717) is 16.5 Å². The molecule has 0 saturated carbocycles. The Balaban J connectivity index is 1.71. The monoisotopic (exact) mass is 398 g/mol. The highest BCUT2D eigenvalue weighted by Gasteiger charge is 2.44. The maximum absolute atomic E-state index is 10.3. The van der Waals surface area contributed by atoms with E-state index in [9.17, 15) is 30.6 Å². The topological polar surface area (TPSA) is 186 Å². The molecule has 0 spiro atoms. The third-order valence-electron chi connectivity index (χ3n) is 5.09. The van der Waals surface area contributed by atoms with Crippen molar-refractivity contribution in [1.29, 1.82) is 0 Å². The van der Waals surface area contributed by atoms with Crippen LogP contribution in [-0.2, 0) is 9.47 Å². The van der Waals surface area contributed by atoms with Crippen LogP contribution in [0.3, 0.4) is 0 Å². The molecule has 12 nitrogen and oxygen atoms in total. The van der Waals surface area contributed by atoms with Crippen molar-refractivity contribution in [2.75, 3.05) is 13.2 Å². The van der Waals surface area contributed by atoms with Gasteiger partial charge in [-0.3, -0.25) is 0 Å². The summed E-state index contributed by atoms with van der Waals surface area (Å²) in [6.45, 7) is -0.901. The average molecular weight is 398 g/mol. The minimum Gasteiger partial charge on any atom is -0.394 e. The highest BCUT2D eigenvalue weighted by Crippen LogP contribution is 2.30. The van der Waals surface area contributed by atoms with Crippen molar-refractivity contribution in [2.45, 2.75) is 49.1 Å². The van der Waals surface area contributed by atoms with E-state index in [1.807, 2.05) is 0 Å². The van der Waals surface area contributed by atoms with E-state index in [4.69, 9.17) is 9.47 Å². The lowest BCUT2D eigenvalue weighted by molar-refractivity contribution is -0.0511. The summed E-state index contributed by atoms with van der Waals surface area (Å²) >= 11 is 0. The summed E-state index contributed by atoms with van der Waals surface area (Å²) in [5, 5.41) is 59.0. The van der Waals surface area contributed by atoms with Gasteiger partial charge in [0.15, 0.2) is 18.1 Å². The minimum absolute atomic E-state index is 0.350. The first-order chi connectivity index (χ1) is 13.5. The second-order valence-electron chi connectivity index (χ2n) is 6.80. The summed E-state index contributed by atoms with van der Waals surface area (Å²) in [5.74, 6) is 0. The predicted octanol–water partition coefficient (Wildman–Crippen LogP) is -3.68. The molecule has 28 heavy (non-hydrogen) atoms. The van der Waals surface area contributed by atoms with Gasteiger partial charge >= 0.3 is 0 Å². The summed E-state index contributed by atoms with van der Waals surface area (Å²) in [6, 6.07) is 1.56. The number of imidazole rings is 1. The number of hydrogen-bond acceptors (Lipinski definition) is 10. The number of hydrogen-bond donors (Lipinski definition) is 7. The fraction of sp³-hybridized carbons (Fsp3) is 0.625. The van der Waals surface area contributed by atoms with E-state index < -0.39 is 62.3 Å². The van der Waals surface area contributed by atoms with Gasteiger partial charge in [0.2, 0.25) is 0 Å². The Bertz CT molecular complexity index is 900. The molecule has 2 aliphatic rings. The Hall–Kier alpha value is -1.90. The van der Waals surface area contributed by atoms with E-state index in [1.165, 1.54) is 17.1 Å². The van der Waals surface area contributed by atoms with Crippen molar-refractivity contribution in [2.24, 2.45) is 4.99 Å². The van der Waals surface area contributed by atoms with Gasteiger partial charge in [0, 0.05) is 6.20 Å². The molecule has 154 valence electrons. The summed E-state index contributed by atoms with van der Waals surface area (Å²) in [5.41, 5.74) is 0.792. The fourth-order valence-corrected chi connectivity index (χ4v) is 3.52. The molecule has 4 rings (SSSR count). The lowest BCUT2D eigenvalue weighted by Crippen LogP contribution is -2.34. The first-order valence-corrected chi connectivity index (χ1v) is 8.79. The Morgan fingerprint density at radius 1 is 1.00 bits per heavy atom. The van der Waals surface area contributed by atoms with Crippen LogP contribution in [-0.4, -0.2) is 101 Å². The van der Waals surface area contributed by atoms with Gasteiger partial charge in [-0.25, -0.2) is 9.98 Å². The molecule has 0 unspecified atom stereocenters. The molecule has 0 aliphatic carbocycles. The molecule has 2 aromatic heterocycles. The Morgan fingerprint density at radius 2 is 1.68 bits per heavy atom. The van der Waals surface area contributed by atoms with Crippen LogP contribution in [0, 0.1) is 0 Å². The van der Waals surface area contributed by atoms with Gasteiger partial charge in [-0.15, -0.1) is 0 Å². The lowest BCUT2D eigenvalue weighted by atomic mass is 10.1. The molecule has 0 amide bonds. The van der Waals surface area contributed by atoms with Crippen LogP contribution in [0.25, 0.3) is 11.2 Å². The van der Waals surface area contributed by atoms with Gasteiger partial charge in [-0.2, -0.15) is 0 Å². The third-order valence-corrected chi connectivity index (χ3v) is 5.09. The number of rotatable bonds is 4. The second-order valence-corrected chi connectivity index (χ2v) is 6.80. The van der Waals surface area contributed by atoms with Gasteiger partial charge in [0.25, 0.3) is 0 Å². The number of fused-ring (bicyclic) bond motifs is 1. The van der Waals surface area contributed by atoms with Crippen LogP contribution in [0.15, 0.2) is 23.6 Å². The SMILES string of the molecule is OC[C@H]1O[C@@H](N=c2ccn([C@@H]3O[C@H](CO)[C@@H](O)[C@H]3O)c3nc[nH]c23)[C@H](O)[C@@H]1O. The molecule has 7 N–H and O–H groups in total. The molecule has 2 aromatic rings. The quantitative estimate of drug-likeness (QED) is 0.272. The van der Waals surface area contributed by atoms with Gasteiger partial charge < -0.3 is 49.7 Å². The smallest absolute Gasteiger partial charge is 0.177 e. The number of aromatic amines is 1. The molecule has 2 saturated heterocycles. The average Bonchev–Trinajstić information content (AvgIpc) is 3.37. The van der Waals surface area contributed by atoms with Crippen LogP contribution >= 0.6 is 0 Å². The van der Waals surface area contributed by atoms with Crippen molar-refractivity contribution < 1.29 is 40.1 Å². The van der Waals surface area contributed by atoms with Crippen molar-refractivity contribution in [3.8, 4) is 0 Å². The Kier molecular flexibility index (Phi) is 5.20. The zero-order valence-corrected chi connectivity index (χ0v) is 14.6. The molecule has 2 fully saturated rings. The van der Waals surface area contributed by atoms with Crippen molar-refractivity contribution >= 4 is 11.2 Å². The predicted molar refractivity (Wildman–Crippen MR) is 90.4 cm³/mol. The fourth-order valence-electron chi connectivity index (χ4n) is 3.52. The van der Waals surface area contributed by atoms with Crippen LogP contribution in [0.2, 0.25) is 0 Å². The van der Waals surface area contributed by atoms with E-state index in [2.05, 4.69) is 15.0 Å². The van der Waals surface area contributed by atoms with E-state index in [0.717, 1.165) is 0 Å². The van der Waals surface area contributed by atoms with Crippen molar-refractivity contribution in [3.05, 3.63) is 23.9 Å². The van der Waals surface area contributed by atoms with Crippen LogP contribution in [0.4, 0.5) is 0 Å². The normalized spacial score (nSPS) is 39.3. The molecule has 0 radical (unpaired) electrons. The zero-order chi connectivity index (χ0) is 20.0. The number of aliphatic hydroxyl groups is 6. The maximum Gasteiger partial charge on any atom is 0.177 e. The molecule has 8 atom stereocenters. The zero-order valence-electron chi connectivity index (χ0n) is 14.6. The first kappa shape index (κ1) is 19.4. The number of ether oxygens (including phenoxy) is 2. The largest absolute Gasteiger partial charge is 0.394 e. The third kappa shape index (κ3) is 3.03. The van der Waals surface area contributed by atoms with Gasteiger partial charge in [0.1, 0.15) is 42.1 Å². The van der Waals surface area contributed by atoms with Crippen molar-refractivity contribution in [1.82, 2.24) is 14.5 Å². The molecule has 4 heterocycles. The van der Waals surface area contributed by atoms with E-state index in [-0.39, 0.29) is 0 Å². The summed E-state index contributed by atoms with van der Waals surface area (Å²) < 4.78 is 12.4. The minimum atomic E-state index is -1.30. The van der Waals surface area contributed by atoms with Gasteiger partial charge in [0.05, 0.1) is 24.9 Å². The molecular formula is C16H22N4O8. The maximum atomic E-state index is 10.3. The van der Waals surface area contributed by atoms with Crippen molar-refractivity contribution in [3.63, 3.8) is 0 Å². The molecule has 0 aromatic carbocycles. The molecule has 2 aliphatic heterocycles. The van der Waals surface area contributed by atoms with Crippen LogP contribution in [0.1, 0.15) is 6.23 Å². The molecule has 0 bridgehead atoms. The number of nitrogens with zero attached hydrogens (tertiary/aromatic N) is 3. The summed E-state index contributed by atoms with van der Waals surface area (Å²) in [7, 11) is 0. The second kappa shape index (κ2) is 7.50. The Labute approximate surface area is 157 Å².